The van der Waals surface area contributed by atoms with Crippen molar-refractivity contribution >= 4 is 28.9 Å². The number of carbonyl (C=O) groups excluding carboxylic acids is 1. The summed E-state index contributed by atoms with van der Waals surface area (Å²) in [5, 5.41) is 6.12. The summed E-state index contributed by atoms with van der Waals surface area (Å²) in [5.74, 6) is 0.691. The minimum atomic E-state index is -0.283. The summed E-state index contributed by atoms with van der Waals surface area (Å²) in [5.41, 5.74) is 3.58. The zero-order chi connectivity index (χ0) is 20.6. The maximum atomic E-state index is 12.6. The third-order valence-electron chi connectivity index (χ3n) is 4.40. The molecule has 4 nitrogen and oxygen atoms in total. The molecule has 0 radical (unpaired) electrons. The summed E-state index contributed by atoms with van der Waals surface area (Å²) in [6.07, 6.45) is 0. The van der Waals surface area contributed by atoms with Crippen molar-refractivity contribution in [2.45, 2.75) is 26.4 Å². The van der Waals surface area contributed by atoms with Gasteiger partial charge in [0.1, 0.15) is 12.4 Å². The Hall–Kier alpha value is -3.18. The average molecular weight is 405 g/mol. The van der Waals surface area contributed by atoms with Crippen LogP contribution < -0.4 is 15.4 Å². The van der Waals surface area contributed by atoms with Crippen LogP contribution in [0.5, 0.6) is 5.75 Å². The van der Waals surface area contributed by atoms with Crippen LogP contribution in [0.1, 0.15) is 41.3 Å². The van der Waals surface area contributed by atoms with E-state index in [9.17, 15) is 4.79 Å². The third-order valence-corrected chi connectivity index (χ3v) is 4.61. The summed E-state index contributed by atoms with van der Waals surface area (Å²) in [6.45, 7) is 4.67. The van der Waals surface area contributed by atoms with Gasteiger partial charge in [-0.15, -0.1) is 0 Å². The van der Waals surface area contributed by atoms with Gasteiger partial charge >= 0.3 is 0 Å². The monoisotopic (exact) mass is 404 g/mol. The fraction of sp³-hybridized carbons (Fsp3) is 0.167. The quantitative estimate of drug-likeness (QED) is 0.532. The Morgan fingerprint density at radius 1 is 0.966 bits per heavy atom. The number of amides is 1. The second-order valence-electron chi connectivity index (χ2n) is 6.95. The predicted octanol–water partition coefficient (Wildman–Crippen LogP) is 5.52. The number of hydrogen-bond acceptors (Lipinski definition) is 3. The van der Waals surface area contributed by atoms with Gasteiger partial charge in [-0.25, -0.2) is 0 Å². The summed E-state index contributed by atoms with van der Waals surface area (Å²) in [6, 6.07) is 24.9. The first-order valence-corrected chi connectivity index (χ1v) is 9.92. The molecule has 0 saturated heterocycles. The number of benzene rings is 3. The van der Waals surface area contributed by atoms with Gasteiger partial charge in [0, 0.05) is 11.3 Å². The molecule has 0 aliphatic heterocycles. The first-order chi connectivity index (χ1) is 14.0. The normalized spacial score (nSPS) is 10.4. The molecule has 29 heavy (non-hydrogen) atoms. The van der Waals surface area contributed by atoms with Crippen LogP contribution in [0.4, 0.5) is 5.69 Å². The Bertz CT molecular complexity index is 987. The lowest BCUT2D eigenvalue weighted by Crippen LogP contribution is -2.34. The summed E-state index contributed by atoms with van der Waals surface area (Å²) in [4.78, 5) is 12.6. The smallest absolute Gasteiger partial charge is 0.257 e. The highest BCUT2D eigenvalue weighted by Gasteiger charge is 2.11. The number of rotatable bonds is 6. The van der Waals surface area contributed by atoms with E-state index in [1.807, 2.05) is 60.7 Å². The van der Waals surface area contributed by atoms with Gasteiger partial charge in [0.05, 0.1) is 0 Å². The van der Waals surface area contributed by atoms with Crippen LogP contribution >= 0.6 is 12.2 Å². The number of ether oxygens (including phenoxy) is 1. The molecule has 0 bridgehead atoms. The van der Waals surface area contributed by atoms with E-state index in [1.165, 1.54) is 0 Å². The van der Waals surface area contributed by atoms with Crippen molar-refractivity contribution in [1.29, 1.82) is 0 Å². The highest BCUT2D eigenvalue weighted by atomic mass is 32.1. The van der Waals surface area contributed by atoms with Gasteiger partial charge in [-0.2, -0.15) is 0 Å². The van der Waals surface area contributed by atoms with Crippen molar-refractivity contribution < 1.29 is 9.53 Å². The molecular formula is C24H24N2O2S. The number of carbonyl (C=O) groups is 1. The van der Waals surface area contributed by atoms with Crippen molar-refractivity contribution in [1.82, 2.24) is 5.32 Å². The molecule has 0 atom stereocenters. The van der Waals surface area contributed by atoms with E-state index < -0.39 is 0 Å². The molecule has 5 heteroatoms. The Balaban J connectivity index is 1.61. The zero-order valence-corrected chi connectivity index (χ0v) is 17.3. The van der Waals surface area contributed by atoms with Crippen molar-refractivity contribution in [3.05, 3.63) is 95.6 Å². The van der Waals surface area contributed by atoms with Crippen molar-refractivity contribution in [3.63, 3.8) is 0 Å². The number of nitrogens with one attached hydrogen (secondary N) is 2. The minimum Gasteiger partial charge on any atom is -0.489 e. The van der Waals surface area contributed by atoms with Crippen molar-refractivity contribution in [2.75, 3.05) is 5.32 Å². The van der Waals surface area contributed by atoms with E-state index >= 15 is 0 Å². The van der Waals surface area contributed by atoms with Crippen LogP contribution in [-0.4, -0.2) is 11.0 Å². The second kappa shape index (κ2) is 9.85. The van der Waals surface area contributed by atoms with Gasteiger partial charge in [0.15, 0.2) is 5.11 Å². The van der Waals surface area contributed by atoms with E-state index in [0.717, 1.165) is 16.8 Å². The molecule has 0 aromatic heterocycles. The van der Waals surface area contributed by atoms with E-state index in [4.69, 9.17) is 17.0 Å². The molecule has 0 aliphatic carbocycles. The van der Waals surface area contributed by atoms with Crippen LogP contribution in [0, 0.1) is 0 Å². The van der Waals surface area contributed by atoms with Gasteiger partial charge < -0.3 is 10.1 Å². The van der Waals surface area contributed by atoms with Gasteiger partial charge in [-0.1, -0.05) is 68.4 Å². The van der Waals surface area contributed by atoms with Crippen LogP contribution in [0.25, 0.3) is 0 Å². The Labute approximate surface area is 176 Å². The van der Waals surface area contributed by atoms with Crippen molar-refractivity contribution in [2.24, 2.45) is 0 Å². The lowest BCUT2D eigenvalue weighted by atomic mass is 10.0. The molecule has 0 aliphatic rings. The summed E-state index contributed by atoms with van der Waals surface area (Å²) >= 11 is 5.33. The molecular weight excluding hydrogens is 380 g/mol. The highest BCUT2D eigenvalue weighted by molar-refractivity contribution is 7.80. The van der Waals surface area contributed by atoms with Crippen molar-refractivity contribution in [3.8, 4) is 5.75 Å². The van der Waals surface area contributed by atoms with Gasteiger partial charge in [-0.3, -0.25) is 10.1 Å². The largest absolute Gasteiger partial charge is 0.489 e. The maximum absolute atomic E-state index is 12.6. The number of anilines is 1. The van der Waals surface area contributed by atoms with E-state index in [2.05, 4.69) is 24.5 Å². The number of hydrogen-bond donors (Lipinski definition) is 2. The van der Waals surface area contributed by atoms with Gasteiger partial charge in [0.25, 0.3) is 5.91 Å². The molecule has 148 valence electrons. The van der Waals surface area contributed by atoms with Crippen LogP contribution in [0.15, 0.2) is 78.9 Å². The predicted molar refractivity (Wildman–Crippen MR) is 121 cm³/mol. The minimum absolute atomic E-state index is 0.263. The van der Waals surface area contributed by atoms with E-state index in [1.54, 1.807) is 18.2 Å². The van der Waals surface area contributed by atoms with Gasteiger partial charge in [-0.05, 0) is 53.5 Å². The molecule has 0 heterocycles. The second-order valence-corrected chi connectivity index (χ2v) is 7.36. The molecule has 0 fully saturated rings. The Morgan fingerprint density at radius 3 is 2.45 bits per heavy atom. The zero-order valence-electron chi connectivity index (χ0n) is 16.5. The van der Waals surface area contributed by atoms with Crippen LogP contribution in [-0.2, 0) is 6.61 Å². The number of para-hydroxylation sites is 1. The highest BCUT2D eigenvalue weighted by Crippen LogP contribution is 2.23. The van der Waals surface area contributed by atoms with Crippen LogP contribution in [0.2, 0.25) is 0 Å². The molecule has 3 aromatic carbocycles. The maximum Gasteiger partial charge on any atom is 0.257 e. The van der Waals surface area contributed by atoms with Crippen LogP contribution in [0.3, 0.4) is 0 Å². The molecule has 0 unspecified atom stereocenters. The fourth-order valence-electron chi connectivity index (χ4n) is 2.91. The SMILES string of the molecule is CC(C)c1ccccc1NC(=S)NC(=O)c1cccc(OCc2ccccc2)c1. The first kappa shape index (κ1) is 20.6. The lowest BCUT2D eigenvalue weighted by molar-refractivity contribution is 0.0977. The molecule has 1 amide bonds. The first-order valence-electron chi connectivity index (χ1n) is 9.51. The third kappa shape index (κ3) is 5.90. The van der Waals surface area contributed by atoms with E-state index in [-0.39, 0.29) is 11.0 Å². The Kier molecular flexibility index (Phi) is 6.98. The Morgan fingerprint density at radius 2 is 1.69 bits per heavy atom. The molecule has 2 N–H and O–H groups in total. The summed E-state index contributed by atoms with van der Waals surface area (Å²) in [7, 11) is 0. The summed E-state index contributed by atoms with van der Waals surface area (Å²) < 4.78 is 5.80. The molecule has 0 saturated carbocycles. The molecule has 0 spiro atoms. The standard InChI is InChI=1S/C24H24N2O2S/c1-17(2)21-13-6-7-14-22(21)25-24(29)26-23(27)19-11-8-12-20(15-19)28-16-18-9-4-3-5-10-18/h3-15,17H,16H2,1-2H3,(H2,25,26,27,29). The average Bonchev–Trinajstić information content (AvgIpc) is 2.73. The lowest BCUT2D eigenvalue weighted by Gasteiger charge is -2.15. The molecule has 3 aromatic rings. The van der Waals surface area contributed by atoms with Gasteiger partial charge in [0.2, 0.25) is 0 Å². The number of thiocarbonyl (C=S) groups is 1. The van der Waals surface area contributed by atoms with E-state index in [0.29, 0.717) is 23.8 Å². The fourth-order valence-corrected chi connectivity index (χ4v) is 3.11. The molecule has 3 rings (SSSR count). The topological polar surface area (TPSA) is 50.4 Å².